The van der Waals surface area contributed by atoms with E-state index in [1.165, 1.54) is 0 Å². The van der Waals surface area contributed by atoms with E-state index < -0.39 is 16.6 Å². The Morgan fingerprint density at radius 1 is 0.778 bits per heavy atom. The lowest BCUT2D eigenvalue weighted by Crippen LogP contribution is -2.32. The zero-order chi connectivity index (χ0) is 13.8. The second-order valence-corrected chi connectivity index (χ2v) is 12.9. The molecule has 0 aliphatic heterocycles. The summed E-state index contributed by atoms with van der Waals surface area (Å²) in [6, 6.07) is 7.78. The summed E-state index contributed by atoms with van der Waals surface area (Å²) in [7, 11) is -3.55. The Hall–Kier alpha value is -1.27. The normalized spacial score (nSPS) is 11.8. The van der Waals surface area contributed by atoms with Gasteiger partial charge in [-0.1, -0.05) is 11.4 Å². The molecule has 0 aromatic heterocycles. The summed E-state index contributed by atoms with van der Waals surface area (Å²) >= 11 is 0. The number of rotatable bonds is 6. The maximum atomic E-state index is 5.92. The van der Waals surface area contributed by atoms with Crippen molar-refractivity contribution in [3.05, 3.63) is 48.8 Å². The highest BCUT2D eigenvalue weighted by Gasteiger charge is 2.21. The van der Waals surface area contributed by atoms with Crippen molar-refractivity contribution >= 4 is 16.6 Å². The highest BCUT2D eigenvalue weighted by Crippen LogP contribution is 2.23. The Labute approximate surface area is 112 Å². The minimum Gasteiger partial charge on any atom is -0.540 e. The molecule has 4 heteroatoms. The third-order valence-electron chi connectivity index (χ3n) is 2.57. The van der Waals surface area contributed by atoms with Gasteiger partial charge in [0.15, 0.2) is 0 Å². The highest BCUT2D eigenvalue weighted by atomic mass is 28.4. The summed E-state index contributed by atoms with van der Waals surface area (Å²) in [4.78, 5) is 0. The van der Waals surface area contributed by atoms with Crippen molar-refractivity contribution in [2.75, 3.05) is 0 Å². The van der Waals surface area contributed by atoms with E-state index in [1.807, 2.05) is 35.7 Å². The molecule has 0 bridgehead atoms. The fourth-order valence-electron chi connectivity index (χ4n) is 1.27. The molecule has 0 atom stereocenters. The molecular formula is C14H22O2Si2. The molecule has 18 heavy (non-hydrogen) atoms. The topological polar surface area (TPSA) is 18.5 Å². The average Bonchev–Trinajstić information content (AvgIpc) is 2.31. The maximum absolute atomic E-state index is 5.92. The van der Waals surface area contributed by atoms with Crippen LogP contribution in [0.2, 0.25) is 26.2 Å². The van der Waals surface area contributed by atoms with Gasteiger partial charge in [-0.15, -0.1) is 13.2 Å². The molecule has 0 spiro atoms. The van der Waals surface area contributed by atoms with Crippen LogP contribution < -0.4 is 8.85 Å². The van der Waals surface area contributed by atoms with Crippen molar-refractivity contribution in [3.63, 3.8) is 0 Å². The molecule has 1 aromatic carbocycles. The fraction of sp³-hybridized carbons (Fsp3) is 0.286. The molecule has 0 aliphatic rings. The molecule has 0 saturated carbocycles. The first-order valence-corrected chi connectivity index (χ1v) is 12.0. The van der Waals surface area contributed by atoms with Gasteiger partial charge in [-0.05, 0) is 50.5 Å². The predicted octanol–water partition coefficient (Wildman–Crippen LogP) is 4.30. The van der Waals surface area contributed by atoms with E-state index in [-0.39, 0.29) is 0 Å². The van der Waals surface area contributed by atoms with Gasteiger partial charge in [0.2, 0.25) is 0 Å². The van der Waals surface area contributed by atoms with Gasteiger partial charge in [0, 0.05) is 0 Å². The van der Waals surface area contributed by atoms with Gasteiger partial charge in [0.25, 0.3) is 16.6 Å². The molecule has 98 valence electrons. The molecule has 0 unspecified atom stereocenters. The second kappa shape index (κ2) is 5.58. The third-order valence-corrected chi connectivity index (χ3v) is 6.06. The van der Waals surface area contributed by atoms with Gasteiger partial charge >= 0.3 is 0 Å². The zero-order valence-electron chi connectivity index (χ0n) is 11.7. The SMILES string of the molecule is C=C[Si](C)(C)Oc1ccc(O[Si](C)(C)C=C)cc1. The van der Waals surface area contributed by atoms with Crippen LogP contribution in [0.1, 0.15) is 0 Å². The van der Waals surface area contributed by atoms with Crippen LogP contribution in [0.15, 0.2) is 48.8 Å². The standard InChI is InChI=1S/C14H22O2Si2/c1-7-17(3,4)15-13-9-11-14(12-10-13)16-18(5,6)8-2/h7-12H,1-2H2,3-6H3. The van der Waals surface area contributed by atoms with Gasteiger partial charge in [-0.3, -0.25) is 0 Å². The summed E-state index contributed by atoms with van der Waals surface area (Å²) in [5.41, 5.74) is 3.84. The molecular weight excluding hydrogens is 256 g/mol. The Kier molecular flexibility index (Phi) is 4.59. The summed E-state index contributed by atoms with van der Waals surface area (Å²) in [6.07, 6.45) is 0. The van der Waals surface area contributed by atoms with Crippen molar-refractivity contribution in [1.29, 1.82) is 0 Å². The smallest absolute Gasteiger partial charge is 0.269 e. The van der Waals surface area contributed by atoms with Gasteiger partial charge in [-0.2, -0.15) is 0 Å². The van der Waals surface area contributed by atoms with Crippen LogP contribution in [0.5, 0.6) is 11.5 Å². The van der Waals surface area contributed by atoms with E-state index >= 15 is 0 Å². The van der Waals surface area contributed by atoms with E-state index in [1.54, 1.807) is 0 Å². The molecule has 0 radical (unpaired) electrons. The predicted molar refractivity (Wildman–Crippen MR) is 83.1 cm³/mol. The molecule has 0 aliphatic carbocycles. The Morgan fingerprint density at radius 2 is 1.06 bits per heavy atom. The molecule has 0 saturated heterocycles. The second-order valence-electron chi connectivity index (χ2n) is 5.29. The quantitative estimate of drug-likeness (QED) is 0.722. The third kappa shape index (κ3) is 4.54. The first-order valence-electron chi connectivity index (χ1n) is 6.03. The molecule has 0 N–H and O–H groups in total. The van der Waals surface area contributed by atoms with E-state index in [2.05, 4.69) is 39.3 Å². The Bertz CT molecular complexity index is 381. The van der Waals surface area contributed by atoms with Gasteiger partial charge < -0.3 is 8.85 Å². The highest BCUT2D eigenvalue weighted by molar-refractivity contribution is 6.77. The van der Waals surface area contributed by atoms with Gasteiger partial charge in [-0.25, -0.2) is 0 Å². The number of hydrogen-bond donors (Lipinski definition) is 0. The Balaban J connectivity index is 2.75. The van der Waals surface area contributed by atoms with Crippen molar-refractivity contribution < 1.29 is 8.85 Å². The minimum atomic E-state index is -1.77. The lowest BCUT2D eigenvalue weighted by Gasteiger charge is -2.22. The summed E-state index contributed by atoms with van der Waals surface area (Å²) in [6.45, 7) is 16.1. The molecule has 1 aromatic rings. The molecule has 1 rings (SSSR count). The monoisotopic (exact) mass is 278 g/mol. The minimum absolute atomic E-state index is 0.872. The molecule has 0 amide bonds. The van der Waals surface area contributed by atoms with Crippen LogP contribution in [-0.2, 0) is 0 Å². The number of hydrogen-bond acceptors (Lipinski definition) is 2. The van der Waals surface area contributed by atoms with Crippen molar-refractivity contribution in [3.8, 4) is 11.5 Å². The van der Waals surface area contributed by atoms with Crippen molar-refractivity contribution in [2.24, 2.45) is 0 Å². The number of benzene rings is 1. The van der Waals surface area contributed by atoms with Crippen molar-refractivity contribution in [2.45, 2.75) is 26.2 Å². The van der Waals surface area contributed by atoms with Gasteiger partial charge in [0.1, 0.15) is 11.5 Å². The maximum Gasteiger partial charge on any atom is 0.269 e. The first-order chi connectivity index (χ1) is 8.28. The van der Waals surface area contributed by atoms with Crippen LogP contribution >= 0.6 is 0 Å². The van der Waals surface area contributed by atoms with E-state index in [0.717, 1.165) is 11.5 Å². The fourth-order valence-corrected chi connectivity index (χ4v) is 2.92. The first kappa shape index (κ1) is 14.8. The van der Waals surface area contributed by atoms with Gasteiger partial charge in [0.05, 0.1) is 0 Å². The summed E-state index contributed by atoms with van der Waals surface area (Å²) in [5, 5.41) is 0. The molecule has 2 nitrogen and oxygen atoms in total. The zero-order valence-corrected chi connectivity index (χ0v) is 13.7. The van der Waals surface area contributed by atoms with Crippen LogP contribution in [0, 0.1) is 0 Å². The lowest BCUT2D eigenvalue weighted by atomic mass is 10.3. The molecule has 0 fully saturated rings. The average molecular weight is 278 g/mol. The van der Waals surface area contributed by atoms with Crippen LogP contribution in [0.4, 0.5) is 0 Å². The van der Waals surface area contributed by atoms with E-state index in [4.69, 9.17) is 8.85 Å². The largest absolute Gasteiger partial charge is 0.540 e. The summed E-state index contributed by atoms with van der Waals surface area (Å²) in [5.74, 6) is 1.74. The lowest BCUT2D eigenvalue weighted by molar-refractivity contribution is 0.547. The molecule has 0 heterocycles. The van der Waals surface area contributed by atoms with Crippen molar-refractivity contribution in [1.82, 2.24) is 0 Å². The van der Waals surface area contributed by atoms with Crippen LogP contribution in [-0.4, -0.2) is 16.6 Å². The van der Waals surface area contributed by atoms with E-state index in [9.17, 15) is 0 Å². The van der Waals surface area contributed by atoms with E-state index in [0.29, 0.717) is 0 Å². The van der Waals surface area contributed by atoms with Crippen LogP contribution in [0.3, 0.4) is 0 Å². The Morgan fingerprint density at radius 3 is 1.28 bits per heavy atom. The summed E-state index contributed by atoms with van der Waals surface area (Å²) < 4.78 is 11.8. The van der Waals surface area contributed by atoms with Crippen LogP contribution in [0.25, 0.3) is 0 Å².